The number of guanidine groups is 1. The van der Waals surface area contributed by atoms with Gasteiger partial charge in [-0.05, 0) is 31.4 Å². The quantitative estimate of drug-likeness (QED) is 0.599. The molecule has 5 heteroatoms. The molecule has 0 aliphatic carbocycles. The van der Waals surface area contributed by atoms with Crippen LogP contribution in [-0.2, 0) is 4.74 Å². The lowest BCUT2D eigenvalue weighted by molar-refractivity contribution is 0.114. The van der Waals surface area contributed by atoms with Crippen LogP contribution in [-0.4, -0.2) is 45.4 Å². The first-order chi connectivity index (χ1) is 11.2. The van der Waals surface area contributed by atoms with Crippen molar-refractivity contribution in [2.45, 2.75) is 38.7 Å². The first-order valence-corrected chi connectivity index (χ1v) is 8.51. The van der Waals surface area contributed by atoms with Crippen LogP contribution < -0.4 is 15.4 Å². The van der Waals surface area contributed by atoms with Gasteiger partial charge in [-0.3, -0.25) is 4.99 Å². The van der Waals surface area contributed by atoms with Crippen molar-refractivity contribution >= 4 is 5.96 Å². The number of benzene rings is 1. The van der Waals surface area contributed by atoms with Crippen molar-refractivity contribution in [1.82, 2.24) is 10.6 Å². The van der Waals surface area contributed by atoms with Gasteiger partial charge in [0.15, 0.2) is 5.96 Å². The number of hydrogen-bond acceptors (Lipinski definition) is 3. The van der Waals surface area contributed by atoms with E-state index < -0.39 is 0 Å². The fourth-order valence-electron chi connectivity index (χ4n) is 2.76. The van der Waals surface area contributed by atoms with E-state index in [9.17, 15) is 0 Å². The maximum absolute atomic E-state index is 5.64. The lowest BCUT2D eigenvalue weighted by Crippen LogP contribution is -2.41. The molecule has 0 amide bonds. The topological polar surface area (TPSA) is 54.9 Å². The Kier molecular flexibility index (Phi) is 7.20. The summed E-state index contributed by atoms with van der Waals surface area (Å²) in [4.78, 5) is 4.71. The third-order valence-electron chi connectivity index (χ3n) is 4.06. The molecule has 0 radical (unpaired) electrons. The number of hydrogen-bond donors (Lipinski definition) is 2. The summed E-state index contributed by atoms with van der Waals surface area (Å²) in [6, 6.07) is 8.13. The minimum Gasteiger partial charge on any atom is -0.496 e. The van der Waals surface area contributed by atoms with Crippen molar-refractivity contribution in [3.05, 3.63) is 29.8 Å². The Morgan fingerprint density at radius 1 is 1.39 bits per heavy atom. The molecular formula is C18H29N3O2. The molecule has 2 unspecified atom stereocenters. The first kappa shape index (κ1) is 17.6. The average molecular weight is 319 g/mol. The maximum Gasteiger partial charge on any atom is 0.191 e. The molecule has 1 aromatic rings. The Labute approximate surface area is 139 Å². The zero-order valence-electron chi connectivity index (χ0n) is 14.5. The van der Waals surface area contributed by atoms with Crippen LogP contribution in [0, 0.1) is 0 Å². The summed E-state index contributed by atoms with van der Waals surface area (Å²) in [6.45, 7) is 7.50. The monoisotopic (exact) mass is 319 g/mol. The molecule has 5 nitrogen and oxygen atoms in total. The van der Waals surface area contributed by atoms with Gasteiger partial charge in [0.2, 0.25) is 0 Å². The fourth-order valence-corrected chi connectivity index (χ4v) is 2.76. The summed E-state index contributed by atoms with van der Waals surface area (Å²) < 4.78 is 11.1. The number of nitrogens with zero attached hydrogens (tertiary/aromatic N) is 1. The van der Waals surface area contributed by atoms with Crippen molar-refractivity contribution in [2.75, 3.05) is 33.4 Å². The summed E-state index contributed by atoms with van der Waals surface area (Å²) in [7, 11) is 1.71. The predicted octanol–water partition coefficient (Wildman–Crippen LogP) is 2.53. The molecule has 1 fully saturated rings. The summed E-state index contributed by atoms with van der Waals surface area (Å²) >= 11 is 0. The number of rotatable bonds is 7. The van der Waals surface area contributed by atoms with Gasteiger partial charge >= 0.3 is 0 Å². The van der Waals surface area contributed by atoms with Gasteiger partial charge in [-0.25, -0.2) is 0 Å². The molecule has 0 saturated carbocycles. The molecule has 128 valence electrons. The molecule has 0 spiro atoms. The zero-order chi connectivity index (χ0) is 16.5. The highest BCUT2D eigenvalue weighted by molar-refractivity contribution is 5.79. The van der Waals surface area contributed by atoms with E-state index in [-0.39, 0.29) is 0 Å². The molecule has 1 aromatic carbocycles. The third kappa shape index (κ3) is 5.43. The SMILES string of the molecule is CCNC(=NCC(C)c1ccccc1OC)NCC1CCCO1. The van der Waals surface area contributed by atoms with Gasteiger partial charge < -0.3 is 20.1 Å². The zero-order valence-corrected chi connectivity index (χ0v) is 14.5. The fraction of sp³-hybridized carbons (Fsp3) is 0.611. The van der Waals surface area contributed by atoms with E-state index in [0.717, 1.165) is 44.2 Å². The summed E-state index contributed by atoms with van der Waals surface area (Å²) in [5.74, 6) is 2.07. The van der Waals surface area contributed by atoms with Crippen LogP contribution in [0.4, 0.5) is 0 Å². The van der Waals surface area contributed by atoms with E-state index in [2.05, 4.69) is 30.5 Å². The van der Waals surface area contributed by atoms with E-state index in [1.807, 2.05) is 18.2 Å². The Hall–Kier alpha value is -1.75. The van der Waals surface area contributed by atoms with Crippen LogP contribution >= 0.6 is 0 Å². The van der Waals surface area contributed by atoms with E-state index >= 15 is 0 Å². The van der Waals surface area contributed by atoms with Crippen molar-refractivity contribution in [3.63, 3.8) is 0 Å². The van der Waals surface area contributed by atoms with Crippen LogP contribution in [0.25, 0.3) is 0 Å². The molecule has 1 aliphatic heterocycles. The second kappa shape index (κ2) is 9.40. The molecule has 23 heavy (non-hydrogen) atoms. The van der Waals surface area contributed by atoms with Crippen LogP contribution in [0.1, 0.15) is 38.2 Å². The highest BCUT2D eigenvalue weighted by atomic mass is 16.5. The Bertz CT molecular complexity index is 499. The third-order valence-corrected chi connectivity index (χ3v) is 4.06. The maximum atomic E-state index is 5.64. The lowest BCUT2D eigenvalue weighted by Gasteiger charge is -2.17. The van der Waals surface area contributed by atoms with Crippen molar-refractivity contribution in [2.24, 2.45) is 4.99 Å². The Morgan fingerprint density at radius 3 is 2.91 bits per heavy atom. The Morgan fingerprint density at radius 2 is 2.22 bits per heavy atom. The predicted molar refractivity (Wildman–Crippen MR) is 94.4 cm³/mol. The minimum absolute atomic E-state index is 0.296. The minimum atomic E-state index is 0.296. The van der Waals surface area contributed by atoms with Crippen molar-refractivity contribution < 1.29 is 9.47 Å². The summed E-state index contributed by atoms with van der Waals surface area (Å²) in [6.07, 6.45) is 2.60. The summed E-state index contributed by atoms with van der Waals surface area (Å²) in [5.41, 5.74) is 1.19. The molecule has 0 aromatic heterocycles. The van der Waals surface area contributed by atoms with Crippen LogP contribution in [0.5, 0.6) is 5.75 Å². The molecule has 2 rings (SSSR count). The van der Waals surface area contributed by atoms with Gasteiger partial charge in [0.25, 0.3) is 0 Å². The highest BCUT2D eigenvalue weighted by Crippen LogP contribution is 2.26. The first-order valence-electron chi connectivity index (χ1n) is 8.51. The van der Waals surface area contributed by atoms with Crippen molar-refractivity contribution in [3.8, 4) is 5.75 Å². The molecule has 2 atom stereocenters. The normalized spacial score (nSPS) is 19.4. The lowest BCUT2D eigenvalue weighted by atomic mass is 10.0. The van der Waals surface area contributed by atoms with Gasteiger partial charge in [0, 0.05) is 32.2 Å². The Balaban J connectivity index is 1.92. The molecule has 0 bridgehead atoms. The van der Waals surface area contributed by atoms with Crippen LogP contribution in [0.3, 0.4) is 0 Å². The standard InChI is InChI=1S/C18H29N3O2/c1-4-19-18(21-13-15-8-7-11-23-15)20-12-14(2)16-9-5-6-10-17(16)22-3/h5-6,9-10,14-15H,4,7-8,11-13H2,1-3H3,(H2,19,20,21). The number of para-hydroxylation sites is 1. The van der Waals surface area contributed by atoms with Gasteiger partial charge in [-0.15, -0.1) is 0 Å². The molecule has 1 heterocycles. The largest absolute Gasteiger partial charge is 0.496 e. The molecule has 2 N–H and O–H groups in total. The number of aliphatic imine (C=N–C) groups is 1. The summed E-state index contributed by atoms with van der Waals surface area (Å²) in [5, 5.41) is 6.67. The highest BCUT2D eigenvalue weighted by Gasteiger charge is 2.16. The second-order valence-electron chi connectivity index (χ2n) is 5.88. The van der Waals surface area contributed by atoms with Gasteiger partial charge in [-0.2, -0.15) is 0 Å². The van der Waals surface area contributed by atoms with Gasteiger partial charge in [-0.1, -0.05) is 25.1 Å². The molecular weight excluding hydrogens is 290 g/mol. The van der Waals surface area contributed by atoms with Crippen molar-refractivity contribution in [1.29, 1.82) is 0 Å². The number of ether oxygens (including phenoxy) is 2. The second-order valence-corrected chi connectivity index (χ2v) is 5.88. The van der Waals surface area contributed by atoms with Crippen LogP contribution in [0.15, 0.2) is 29.3 Å². The number of nitrogens with one attached hydrogen (secondary N) is 2. The smallest absolute Gasteiger partial charge is 0.191 e. The number of methoxy groups -OCH3 is 1. The van der Waals surface area contributed by atoms with Crippen LogP contribution in [0.2, 0.25) is 0 Å². The molecule has 1 aliphatic rings. The van der Waals surface area contributed by atoms with E-state index in [0.29, 0.717) is 18.6 Å². The van der Waals surface area contributed by atoms with E-state index in [4.69, 9.17) is 14.5 Å². The average Bonchev–Trinajstić information content (AvgIpc) is 3.10. The molecule has 1 saturated heterocycles. The van der Waals surface area contributed by atoms with E-state index in [1.54, 1.807) is 7.11 Å². The van der Waals surface area contributed by atoms with E-state index in [1.165, 1.54) is 5.56 Å². The van der Waals surface area contributed by atoms with Gasteiger partial charge in [0.1, 0.15) is 5.75 Å². The van der Waals surface area contributed by atoms with Gasteiger partial charge in [0.05, 0.1) is 13.2 Å².